The van der Waals surface area contributed by atoms with Gasteiger partial charge in [-0.15, -0.1) is 0 Å². The molecule has 0 bridgehead atoms. The minimum atomic E-state index is -0.463. The summed E-state index contributed by atoms with van der Waals surface area (Å²) >= 11 is 0. The Morgan fingerprint density at radius 1 is 0.935 bits per heavy atom. The number of likely N-dealkylation sites (N-methyl/N-ethyl adjacent to an activating group) is 1. The molecular formula is C25H30N2O4. The summed E-state index contributed by atoms with van der Waals surface area (Å²) in [5.74, 6) is 0.756. The molecule has 2 aromatic carbocycles. The largest absolute Gasteiger partial charge is 0.493 e. The molecule has 4 rings (SSSR count). The lowest BCUT2D eigenvalue weighted by Crippen LogP contribution is -2.47. The van der Waals surface area contributed by atoms with Crippen LogP contribution in [-0.4, -0.2) is 56.0 Å². The summed E-state index contributed by atoms with van der Waals surface area (Å²) in [7, 11) is 4.96. The summed E-state index contributed by atoms with van der Waals surface area (Å²) in [6.07, 6.45) is 4.36. The van der Waals surface area contributed by atoms with Gasteiger partial charge in [-0.1, -0.05) is 37.1 Å². The van der Waals surface area contributed by atoms with E-state index in [1.807, 2.05) is 47.4 Å². The Balaban J connectivity index is 1.83. The van der Waals surface area contributed by atoms with Crippen molar-refractivity contribution in [3.8, 4) is 11.5 Å². The van der Waals surface area contributed by atoms with E-state index in [0.29, 0.717) is 17.1 Å². The molecule has 2 aliphatic heterocycles. The number of nitrogens with zero attached hydrogens (tertiary/aromatic N) is 2. The fraction of sp³-hybridized carbons (Fsp3) is 0.440. The minimum absolute atomic E-state index is 0.0738. The highest BCUT2D eigenvalue weighted by atomic mass is 16.5. The Hall–Kier alpha value is -3.02. The van der Waals surface area contributed by atoms with E-state index in [9.17, 15) is 9.59 Å². The highest BCUT2D eigenvalue weighted by Crippen LogP contribution is 2.44. The number of fused-ring (bicyclic) bond motifs is 1. The molecule has 1 saturated heterocycles. The van der Waals surface area contributed by atoms with Crippen LogP contribution >= 0.6 is 0 Å². The molecule has 0 unspecified atom stereocenters. The van der Waals surface area contributed by atoms with Crippen LogP contribution in [0.2, 0.25) is 0 Å². The molecule has 2 heterocycles. The van der Waals surface area contributed by atoms with Crippen molar-refractivity contribution < 1.29 is 19.1 Å². The molecule has 0 saturated carbocycles. The Bertz CT molecular complexity index is 966. The third-order valence-corrected chi connectivity index (χ3v) is 6.51. The van der Waals surface area contributed by atoms with Crippen molar-refractivity contribution in [2.45, 2.75) is 37.6 Å². The monoisotopic (exact) mass is 422 g/mol. The number of hydrogen-bond donors (Lipinski definition) is 0. The van der Waals surface area contributed by atoms with Crippen molar-refractivity contribution in [2.24, 2.45) is 0 Å². The zero-order chi connectivity index (χ0) is 22.0. The van der Waals surface area contributed by atoms with E-state index in [0.717, 1.165) is 49.9 Å². The molecule has 6 nitrogen and oxygen atoms in total. The van der Waals surface area contributed by atoms with Crippen molar-refractivity contribution in [3.05, 3.63) is 59.2 Å². The van der Waals surface area contributed by atoms with Gasteiger partial charge in [0.2, 0.25) is 5.91 Å². The smallest absolute Gasteiger partial charge is 0.254 e. The standard InChI is InChI=1S/C25H30N2O4/c1-26-23(17-12-13-20(30-2)21(16-17)31-3)22(18-10-6-7-11-19(18)24(26)28)25(29)27-14-8-4-5-9-15-27/h6-7,10-13,16,22-23H,4-5,8-9,14-15H2,1-3H3/t22-,23-/m1/s1. The number of ether oxygens (including phenoxy) is 2. The number of likely N-dealkylation sites (tertiary alicyclic amines) is 1. The summed E-state index contributed by atoms with van der Waals surface area (Å²) in [6.45, 7) is 1.54. The third kappa shape index (κ3) is 3.87. The SMILES string of the molecule is COc1ccc([C@@H]2[C@H](C(=O)N3CCCCCC3)c3ccccc3C(=O)N2C)cc1OC. The first kappa shape index (κ1) is 21.2. The summed E-state index contributed by atoms with van der Waals surface area (Å²) in [6, 6.07) is 12.7. The molecule has 0 aromatic heterocycles. The molecule has 164 valence electrons. The first-order valence-corrected chi connectivity index (χ1v) is 10.9. The maximum atomic E-state index is 13.9. The number of amides is 2. The number of benzene rings is 2. The lowest BCUT2D eigenvalue weighted by atomic mass is 9.79. The van der Waals surface area contributed by atoms with E-state index in [2.05, 4.69) is 0 Å². The number of carbonyl (C=O) groups is 2. The Morgan fingerprint density at radius 2 is 1.61 bits per heavy atom. The van der Waals surface area contributed by atoms with Crippen LogP contribution in [0.5, 0.6) is 11.5 Å². The van der Waals surface area contributed by atoms with E-state index in [1.165, 1.54) is 0 Å². The molecule has 2 amide bonds. The van der Waals surface area contributed by atoms with Crippen molar-refractivity contribution in [2.75, 3.05) is 34.4 Å². The number of hydrogen-bond acceptors (Lipinski definition) is 4. The minimum Gasteiger partial charge on any atom is -0.493 e. The van der Waals surface area contributed by atoms with Crippen LogP contribution in [-0.2, 0) is 4.79 Å². The quantitative estimate of drug-likeness (QED) is 0.747. The summed E-state index contributed by atoms with van der Waals surface area (Å²) in [4.78, 5) is 30.8. The van der Waals surface area contributed by atoms with Crippen LogP contribution in [0.3, 0.4) is 0 Å². The van der Waals surface area contributed by atoms with Gasteiger partial charge in [-0.2, -0.15) is 0 Å². The second-order valence-electron chi connectivity index (χ2n) is 8.28. The van der Waals surface area contributed by atoms with Crippen LogP contribution in [0.25, 0.3) is 0 Å². The second kappa shape index (κ2) is 9.00. The van der Waals surface area contributed by atoms with Gasteiger partial charge in [-0.25, -0.2) is 0 Å². The van der Waals surface area contributed by atoms with Crippen molar-refractivity contribution in [3.63, 3.8) is 0 Å². The van der Waals surface area contributed by atoms with Crippen molar-refractivity contribution >= 4 is 11.8 Å². The number of rotatable bonds is 4. The highest BCUT2D eigenvalue weighted by molar-refractivity contribution is 6.01. The van der Waals surface area contributed by atoms with Crippen LogP contribution in [0.15, 0.2) is 42.5 Å². The predicted molar refractivity (Wildman–Crippen MR) is 119 cm³/mol. The summed E-state index contributed by atoms with van der Waals surface area (Å²) in [5, 5.41) is 0. The molecule has 2 atom stereocenters. The molecule has 0 aliphatic carbocycles. The Kier molecular flexibility index (Phi) is 6.16. The van der Waals surface area contributed by atoms with Crippen LogP contribution in [0, 0.1) is 0 Å². The molecule has 6 heteroatoms. The van der Waals surface area contributed by atoms with Gasteiger partial charge in [0, 0.05) is 25.7 Å². The Labute approximate surface area is 183 Å². The molecule has 0 radical (unpaired) electrons. The van der Waals surface area contributed by atoms with Gasteiger partial charge < -0.3 is 19.3 Å². The van der Waals surface area contributed by atoms with Gasteiger partial charge >= 0.3 is 0 Å². The lowest BCUT2D eigenvalue weighted by Gasteiger charge is -2.41. The fourth-order valence-electron chi connectivity index (χ4n) is 4.88. The van der Waals surface area contributed by atoms with Crippen molar-refractivity contribution in [1.82, 2.24) is 9.80 Å². The second-order valence-corrected chi connectivity index (χ2v) is 8.28. The van der Waals surface area contributed by atoms with E-state index in [1.54, 1.807) is 26.2 Å². The van der Waals surface area contributed by atoms with E-state index >= 15 is 0 Å². The summed E-state index contributed by atoms with van der Waals surface area (Å²) < 4.78 is 10.9. The first-order chi connectivity index (χ1) is 15.1. The molecule has 1 fully saturated rings. The average molecular weight is 423 g/mol. The first-order valence-electron chi connectivity index (χ1n) is 10.9. The maximum absolute atomic E-state index is 13.9. The number of carbonyl (C=O) groups excluding carboxylic acids is 2. The maximum Gasteiger partial charge on any atom is 0.254 e. The number of methoxy groups -OCH3 is 2. The lowest BCUT2D eigenvalue weighted by molar-refractivity contribution is -0.134. The molecule has 0 spiro atoms. The normalized spacial score (nSPS) is 21.3. The van der Waals surface area contributed by atoms with E-state index in [-0.39, 0.29) is 11.8 Å². The van der Waals surface area contributed by atoms with Gasteiger partial charge in [0.1, 0.15) is 0 Å². The molecule has 2 aromatic rings. The van der Waals surface area contributed by atoms with E-state index in [4.69, 9.17) is 9.47 Å². The topological polar surface area (TPSA) is 59.1 Å². The zero-order valence-electron chi connectivity index (χ0n) is 18.5. The van der Waals surface area contributed by atoms with Gasteiger partial charge in [0.25, 0.3) is 5.91 Å². The van der Waals surface area contributed by atoms with Gasteiger partial charge in [-0.3, -0.25) is 9.59 Å². The van der Waals surface area contributed by atoms with Crippen LogP contribution in [0.4, 0.5) is 0 Å². The predicted octanol–water partition coefficient (Wildman–Crippen LogP) is 4.02. The molecule has 0 N–H and O–H groups in total. The van der Waals surface area contributed by atoms with Crippen LogP contribution < -0.4 is 9.47 Å². The highest BCUT2D eigenvalue weighted by Gasteiger charge is 2.44. The summed E-state index contributed by atoms with van der Waals surface area (Å²) in [5.41, 5.74) is 2.27. The fourth-order valence-corrected chi connectivity index (χ4v) is 4.88. The molecule has 31 heavy (non-hydrogen) atoms. The zero-order valence-corrected chi connectivity index (χ0v) is 18.5. The van der Waals surface area contributed by atoms with E-state index < -0.39 is 12.0 Å². The van der Waals surface area contributed by atoms with Gasteiger partial charge in [0.15, 0.2) is 11.5 Å². The van der Waals surface area contributed by atoms with Gasteiger partial charge in [0.05, 0.1) is 26.2 Å². The average Bonchev–Trinajstić information content (AvgIpc) is 3.10. The molecular weight excluding hydrogens is 392 g/mol. The Morgan fingerprint density at radius 3 is 2.29 bits per heavy atom. The van der Waals surface area contributed by atoms with Crippen LogP contribution in [0.1, 0.15) is 59.1 Å². The third-order valence-electron chi connectivity index (χ3n) is 6.51. The van der Waals surface area contributed by atoms with Crippen molar-refractivity contribution in [1.29, 1.82) is 0 Å². The molecule has 2 aliphatic rings. The van der Waals surface area contributed by atoms with Gasteiger partial charge in [-0.05, 0) is 42.2 Å².